The zero-order chi connectivity index (χ0) is 20.6. The minimum atomic E-state index is -4.54. The Morgan fingerprint density at radius 1 is 1.21 bits per heavy atom. The van der Waals surface area contributed by atoms with Crippen LogP contribution < -0.4 is 15.0 Å². The van der Waals surface area contributed by atoms with E-state index in [0.29, 0.717) is 31.2 Å². The van der Waals surface area contributed by atoms with E-state index in [2.05, 4.69) is 32.2 Å². The van der Waals surface area contributed by atoms with Crippen molar-refractivity contribution in [2.45, 2.75) is 31.6 Å². The number of pyridine rings is 1. The third kappa shape index (κ3) is 4.07. The van der Waals surface area contributed by atoms with E-state index in [1.807, 2.05) is 4.90 Å². The van der Waals surface area contributed by atoms with E-state index in [1.54, 1.807) is 6.33 Å². The molecule has 0 amide bonds. The Morgan fingerprint density at radius 2 is 2.03 bits per heavy atom. The van der Waals surface area contributed by atoms with E-state index in [9.17, 15) is 13.2 Å². The highest BCUT2D eigenvalue weighted by Crippen LogP contribution is 2.38. The second-order valence-electron chi connectivity index (χ2n) is 7.46. The Labute approximate surface area is 166 Å². The van der Waals surface area contributed by atoms with Crippen molar-refractivity contribution in [2.24, 2.45) is 0 Å². The first-order valence-electron chi connectivity index (χ1n) is 9.49. The summed E-state index contributed by atoms with van der Waals surface area (Å²) in [5.41, 5.74) is 1.39. The van der Waals surface area contributed by atoms with E-state index in [-0.39, 0.29) is 0 Å². The number of anilines is 2. The van der Waals surface area contributed by atoms with Gasteiger partial charge >= 0.3 is 6.18 Å². The second-order valence-corrected chi connectivity index (χ2v) is 7.46. The minimum Gasteiger partial charge on any atom is -0.481 e. The molecule has 2 aromatic heterocycles. The minimum absolute atomic E-state index is 0.300. The molecular formula is C19H23F3N6O. The third-order valence-electron chi connectivity index (χ3n) is 5.43. The lowest BCUT2D eigenvalue weighted by Gasteiger charge is -2.31. The van der Waals surface area contributed by atoms with E-state index < -0.39 is 17.6 Å². The van der Waals surface area contributed by atoms with Gasteiger partial charge in [-0.1, -0.05) is 0 Å². The van der Waals surface area contributed by atoms with Crippen LogP contribution in [0.4, 0.5) is 24.7 Å². The molecule has 4 rings (SSSR count). The van der Waals surface area contributed by atoms with Crippen molar-refractivity contribution in [1.82, 2.24) is 19.9 Å². The van der Waals surface area contributed by atoms with Gasteiger partial charge in [0.15, 0.2) is 0 Å². The molecule has 0 bridgehead atoms. The summed E-state index contributed by atoms with van der Waals surface area (Å²) in [4.78, 5) is 16.8. The van der Waals surface area contributed by atoms with Crippen LogP contribution in [0.1, 0.15) is 23.2 Å². The Bertz CT molecular complexity index is 891. The number of halogens is 3. The highest BCUT2D eigenvalue weighted by Gasteiger charge is 2.36. The fourth-order valence-corrected chi connectivity index (χ4v) is 3.91. The molecule has 2 aliphatic rings. The van der Waals surface area contributed by atoms with Crippen LogP contribution in [0.25, 0.3) is 0 Å². The molecule has 0 aromatic carbocycles. The normalized spacial score (nSPS) is 19.9. The van der Waals surface area contributed by atoms with Gasteiger partial charge in [0.2, 0.25) is 5.88 Å². The SMILES string of the molecule is COc1ncc(N2CCc3ncnc(NC4CCN(C)C4)c3C2)cc1C(F)(F)F. The number of methoxy groups -OCH3 is 1. The maximum atomic E-state index is 13.4. The molecule has 2 aromatic rings. The average molecular weight is 408 g/mol. The number of hydrogen-bond donors (Lipinski definition) is 1. The largest absolute Gasteiger partial charge is 0.481 e. The smallest absolute Gasteiger partial charge is 0.421 e. The molecule has 0 aliphatic carbocycles. The Hall–Kier alpha value is -2.62. The molecule has 2 aliphatic heterocycles. The number of ether oxygens (including phenoxy) is 1. The zero-order valence-corrected chi connectivity index (χ0v) is 16.3. The number of aromatic nitrogens is 3. The van der Waals surface area contributed by atoms with Crippen molar-refractivity contribution >= 4 is 11.5 Å². The number of nitrogens with one attached hydrogen (secondary N) is 1. The molecule has 0 spiro atoms. The van der Waals surface area contributed by atoms with Gasteiger partial charge in [-0.15, -0.1) is 0 Å². The molecule has 0 radical (unpaired) electrons. The van der Waals surface area contributed by atoms with Crippen LogP contribution in [-0.4, -0.2) is 59.7 Å². The predicted molar refractivity (Wildman–Crippen MR) is 102 cm³/mol. The summed E-state index contributed by atoms with van der Waals surface area (Å²) in [6, 6.07) is 1.40. The molecule has 1 N–H and O–H groups in total. The molecular weight excluding hydrogens is 385 g/mol. The summed E-state index contributed by atoms with van der Waals surface area (Å²) in [6.45, 7) is 2.93. The molecule has 10 heteroatoms. The fraction of sp³-hybridized carbons (Fsp3) is 0.526. The van der Waals surface area contributed by atoms with Crippen molar-refractivity contribution in [3.05, 3.63) is 35.4 Å². The lowest BCUT2D eigenvalue weighted by Crippen LogP contribution is -2.33. The summed E-state index contributed by atoms with van der Waals surface area (Å²) in [5.74, 6) is 0.340. The van der Waals surface area contributed by atoms with Gasteiger partial charge in [0.1, 0.15) is 17.7 Å². The maximum Gasteiger partial charge on any atom is 0.421 e. The fourth-order valence-electron chi connectivity index (χ4n) is 3.91. The number of rotatable bonds is 4. The van der Waals surface area contributed by atoms with Crippen LogP contribution in [0.15, 0.2) is 18.6 Å². The highest BCUT2D eigenvalue weighted by molar-refractivity contribution is 5.56. The van der Waals surface area contributed by atoms with Gasteiger partial charge in [-0.25, -0.2) is 15.0 Å². The number of fused-ring (bicyclic) bond motifs is 1. The van der Waals surface area contributed by atoms with Crippen molar-refractivity contribution in [1.29, 1.82) is 0 Å². The van der Waals surface area contributed by atoms with Crippen LogP contribution in [0.3, 0.4) is 0 Å². The van der Waals surface area contributed by atoms with Crippen LogP contribution >= 0.6 is 0 Å². The topological polar surface area (TPSA) is 66.4 Å². The van der Waals surface area contributed by atoms with Gasteiger partial charge in [0, 0.05) is 37.7 Å². The number of nitrogens with zero attached hydrogens (tertiary/aromatic N) is 5. The molecule has 1 fully saturated rings. The standard InChI is InChI=1S/C19H23F3N6O/c1-27-5-3-12(9-27)26-17-14-10-28(6-4-16(14)24-11-25-17)13-7-15(19(20,21)22)18(29-2)23-8-13/h7-8,11-12H,3-6,9-10H2,1-2H3,(H,24,25,26). The molecule has 0 saturated carbocycles. The first-order valence-corrected chi connectivity index (χ1v) is 9.49. The van der Waals surface area contributed by atoms with E-state index in [4.69, 9.17) is 4.74 Å². The first-order chi connectivity index (χ1) is 13.8. The molecule has 7 nitrogen and oxygen atoms in total. The third-order valence-corrected chi connectivity index (χ3v) is 5.43. The van der Waals surface area contributed by atoms with Gasteiger partial charge in [-0.3, -0.25) is 0 Å². The Kier molecular flexibility index (Phi) is 5.20. The number of likely N-dealkylation sites (N-methyl/N-ethyl adjacent to an activating group) is 1. The van der Waals surface area contributed by atoms with Gasteiger partial charge in [0.05, 0.1) is 24.7 Å². The van der Waals surface area contributed by atoms with E-state index >= 15 is 0 Å². The van der Waals surface area contributed by atoms with Crippen LogP contribution in [0.2, 0.25) is 0 Å². The highest BCUT2D eigenvalue weighted by atomic mass is 19.4. The van der Waals surface area contributed by atoms with E-state index in [0.717, 1.165) is 42.7 Å². The van der Waals surface area contributed by atoms with Gasteiger partial charge in [-0.05, 0) is 26.1 Å². The number of hydrogen-bond acceptors (Lipinski definition) is 7. The Balaban J connectivity index is 1.60. The monoisotopic (exact) mass is 408 g/mol. The molecule has 29 heavy (non-hydrogen) atoms. The summed E-state index contributed by atoms with van der Waals surface area (Å²) < 4.78 is 44.9. The second kappa shape index (κ2) is 7.66. The van der Waals surface area contributed by atoms with Crippen molar-refractivity contribution in [3.63, 3.8) is 0 Å². The maximum absolute atomic E-state index is 13.4. The molecule has 1 unspecified atom stereocenters. The molecule has 1 saturated heterocycles. The number of likely N-dealkylation sites (tertiary alicyclic amines) is 1. The summed E-state index contributed by atoms with van der Waals surface area (Å²) in [5, 5.41) is 3.49. The first kappa shape index (κ1) is 19.7. The van der Waals surface area contributed by atoms with Crippen molar-refractivity contribution in [3.8, 4) is 5.88 Å². The quantitative estimate of drug-likeness (QED) is 0.834. The van der Waals surface area contributed by atoms with E-state index in [1.165, 1.54) is 13.3 Å². The Morgan fingerprint density at radius 3 is 2.72 bits per heavy atom. The molecule has 1 atom stereocenters. The van der Waals surface area contributed by atoms with Crippen LogP contribution in [0.5, 0.6) is 5.88 Å². The van der Waals surface area contributed by atoms with Crippen molar-refractivity contribution in [2.75, 3.05) is 44.0 Å². The van der Waals surface area contributed by atoms with Gasteiger partial charge in [-0.2, -0.15) is 13.2 Å². The molecule has 156 valence electrons. The van der Waals surface area contributed by atoms with Crippen LogP contribution in [0, 0.1) is 0 Å². The summed E-state index contributed by atoms with van der Waals surface area (Å²) in [7, 11) is 3.26. The predicted octanol–water partition coefficient (Wildman–Crippen LogP) is 2.58. The average Bonchev–Trinajstić information content (AvgIpc) is 3.11. The van der Waals surface area contributed by atoms with Gasteiger partial charge in [0.25, 0.3) is 0 Å². The lowest BCUT2D eigenvalue weighted by molar-refractivity contribution is -0.139. The number of alkyl halides is 3. The van der Waals surface area contributed by atoms with Crippen LogP contribution in [-0.2, 0) is 19.1 Å². The van der Waals surface area contributed by atoms with Crippen molar-refractivity contribution < 1.29 is 17.9 Å². The lowest BCUT2D eigenvalue weighted by atomic mass is 10.0. The van der Waals surface area contributed by atoms with Gasteiger partial charge < -0.3 is 19.9 Å². The summed E-state index contributed by atoms with van der Waals surface area (Å²) in [6.07, 6.45) is 0.0846. The zero-order valence-electron chi connectivity index (χ0n) is 16.3. The molecule has 4 heterocycles. The summed E-state index contributed by atoms with van der Waals surface area (Å²) >= 11 is 0.